The third-order valence-electron chi connectivity index (χ3n) is 4.75. The van der Waals surface area contributed by atoms with Crippen LogP contribution in [0.3, 0.4) is 0 Å². The molecule has 2 aromatic rings. The lowest BCUT2D eigenvalue weighted by molar-refractivity contribution is -0.119. The summed E-state index contributed by atoms with van der Waals surface area (Å²) in [6.45, 7) is 4.29. The maximum Gasteiger partial charge on any atom is 0.217 e. The first kappa shape index (κ1) is 16.4. The van der Waals surface area contributed by atoms with E-state index in [0.717, 1.165) is 37.2 Å². The second kappa shape index (κ2) is 7.39. The SMILES string of the molecule is CC(=O)NCc1ccc(C2CCN(c3ccc(N)cc3)CC2)cc1. The number of nitrogen functional groups attached to an aromatic ring is 1. The summed E-state index contributed by atoms with van der Waals surface area (Å²) in [5, 5.41) is 2.83. The summed E-state index contributed by atoms with van der Waals surface area (Å²) in [6, 6.07) is 16.8. The molecule has 1 fully saturated rings. The van der Waals surface area contributed by atoms with Crippen LogP contribution in [0.25, 0.3) is 0 Å². The van der Waals surface area contributed by atoms with E-state index >= 15 is 0 Å². The van der Waals surface area contributed by atoms with Crippen molar-refractivity contribution < 1.29 is 4.79 Å². The largest absolute Gasteiger partial charge is 0.399 e. The van der Waals surface area contributed by atoms with Gasteiger partial charge in [-0.1, -0.05) is 24.3 Å². The fourth-order valence-electron chi connectivity index (χ4n) is 3.29. The molecule has 0 spiro atoms. The van der Waals surface area contributed by atoms with Crippen molar-refractivity contribution in [3.8, 4) is 0 Å². The molecular weight excluding hydrogens is 298 g/mol. The minimum atomic E-state index is 0.00844. The van der Waals surface area contributed by atoms with E-state index in [1.54, 1.807) is 6.92 Å². The second-order valence-corrected chi connectivity index (χ2v) is 6.50. The topological polar surface area (TPSA) is 58.4 Å². The lowest BCUT2D eigenvalue weighted by Gasteiger charge is -2.34. The zero-order chi connectivity index (χ0) is 16.9. The van der Waals surface area contributed by atoms with Crippen molar-refractivity contribution in [1.29, 1.82) is 0 Å². The van der Waals surface area contributed by atoms with Crippen LogP contribution in [0.15, 0.2) is 48.5 Å². The number of rotatable bonds is 4. The van der Waals surface area contributed by atoms with Crippen molar-refractivity contribution in [3.63, 3.8) is 0 Å². The fraction of sp³-hybridized carbons (Fsp3) is 0.350. The number of hydrogen-bond acceptors (Lipinski definition) is 3. The molecule has 1 aliphatic heterocycles. The first-order chi connectivity index (χ1) is 11.6. The van der Waals surface area contributed by atoms with Crippen LogP contribution in [0, 0.1) is 0 Å². The zero-order valence-electron chi connectivity index (χ0n) is 14.2. The molecular formula is C20H25N3O. The van der Waals surface area contributed by atoms with Crippen molar-refractivity contribution in [3.05, 3.63) is 59.7 Å². The summed E-state index contributed by atoms with van der Waals surface area (Å²) in [6.07, 6.45) is 2.32. The molecule has 0 unspecified atom stereocenters. The molecule has 0 aliphatic carbocycles. The summed E-state index contributed by atoms with van der Waals surface area (Å²) in [5.74, 6) is 0.624. The molecule has 4 heteroatoms. The normalized spacial score (nSPS) is 15.3. The Morgan fingerprint density at radius 3 is 2.29 bits per heavy atom. The first-order valence-corrected chi connectivity index (χ1v) is 8.55. The Balaban J connectivity index is 1.56. The highest BCUT2D eigenvalue weighted by atomic mass is 16.1. The third kappa shape index (κ3) is 4.07. The van der Waals surface area contributed by atoms with E-state index in [0.29, 0.717) is 12.5 Å². The molecule has 24 heavy (non-hydrogen) atoms. The highest BCUT2D eigenvalue weighted by Crippen LogP contribution is 2.30. The standard InChI is InChI=1S/C20H25N3O/c1-15(24)22-14-16-2-4-17(5-3-16)18-10-12-23(13-11-18)20-8-6-19(21)7-9-20/h2-9,18H,10-14,21H2,1H3,(H,22,24). The number of nitrogens with zero attached hydrogens (tertiary/aromatic N) is 1. The van der Waals surface area contributed by atoms with Crippen LogP contribution in [0.5, 0.6) is 0 Å². The van der Waals surface area contributed by atoms with Gasteiger partial charge in [0.05, 0.1) is 0 Å². The number of benzene rings is 2. The Kier molecular flexibility index (Phi) is 5.04. The van der Waals surface area contributed by atoms with E-state index in [4.69, 9.17) is 5.73 Å². The van der Waals surface area contributed by atoms with Crippen molar-refractivity contribution in [1.82, 2.24) is 5.32 Å². The molecule has 0 aromatic heterocycles. The Labute approximate surface area is 143 Å². The molecule has 1 aliphatic rings. The lowest BCUT2D eigenvalue weighted by Crippen LogP contribution is -2.32. The molecule has 0 radical (unpaired) electrons. The van der Waals surface area contributed by atoms with Crippen LogP contribution in [0.4, 0.5) is 11.4 Å². The number of carbonyl (C=O) groups is 1. The van der Waals surface area contributed by atoms with E-state index in [1.807, 2.05) is 12.1 Å². The number of carbonyl (C=O) groups excluding carboxylic acids is 1. The Morgan fingerprint density at radius 1 is 1.08 bits per heavy atom. The Morgan fingerprint density at radius 2 is 1.71 bits per heavy atom. The lowest BCUT2D eigenvalue weighted by atomic mass is 9.89. The van der Waals surface area contributed by atoms with Crippen LogP contribution in [-0.4, -0.2) is 19.0 Å². The molecule has 0 bridgehead atoms. The number of nitrogens with one attached hydrogen (secondary N) is 1. The molecule has 0 saturated carbocycles. The number of anilines is 2. The van der Waals surface area contributed by atoms with E-state index in [1.165, 1.54) is 11.3 Å². The van der Waals surface area contributed by atoms with Crippen LogP contribution in [-0.2, 0) is 11.3 Å². The van der Waals surface area contributed by atoms with Crippen molar-refractivity contribution >= 4 is 17.3 Å². The Hall–Kier alpha value is -2.49. The smallest absolute Gasteiger partial charge is 0.217 e. The number of piperidine rings is 1. The van der Waals surface area contributed by atoms with Gasteiger partial charge in [0, 0.05) is 37.9 Å². The molecule has 126 valence electrons. The van der Waals surface area contributed by atoms with Crippen LogP contribution in [0.2, 0.25) is 0 Å². The summed E-state index contributed by atoms with van der Waals surface area (Å²) in [7, 11) is 0. The minimum Gasteiger partial charge on any atom is -0.399 e. The summed E-state index contributed by atoms with van der Waals surface area (Å²) < 4.78 is 0. The van der Waals surface area contributed by atoms with Gasteiger partial charge in [-0.3, -0.25) is 4.79 Å². The molecule has 3 rings (SSSR count). The average molecular weight is 323 g/mol. The van der Waals surface area contributed by atoms with Gasteiger partial charge >= 0.3 is 0 Å². The van der Waals surface area contributed by atoms with Gasteiger partial charge in [0.15, 0.2) is 0 Å². The minimum absolute atomic E-state index is 0.00844. The van der Waals surface area contributed by atoms with Crippen LogP contribution in [0.1, 0.15) is 36.8 Å². The van der Waals surface area contributed by atoms with Crippen LogP contribution >= 0.6 is 0 Å². The highest BCUT2D eigenvalue weighted by molar-refractivity contribution is 5.72. The molecule has 1 saturated heterocycles. The maximum atomic E-state index is 11.0. The summed E-state index contributed by atoms with van der Waals surface area (Å²) >= 11 is 0. The third-order valence-corrected chi connectivity index (χ3v) is 4.75. The monoisotopic (exact) mass is 323 g/mol. The summed E-state index contributed by atoms with van der Waals surface area (Å²) in [4.78, 5) is 13.4. The maximum absolute atomic E-state index is 11.0. The average Bonchev–Trinajstić information content (AvgIpc) is 2.61. The quantitative estimate of drug-likeness (QED) is 0.849. The van der Waals surface area contributed by atoms with E-state index in [9.17, 15) is 4.79 Å². The second-order valence-electron chi connectivity index (χ2n) is 6.50. The van der Waals surface area contributed by atoms with Gasteiger partial charge in [-0.05, 0) is 54.2 Å². The number of nitrogens with two attached hydrogens (primary N) is 1. The van der Waals surface area contributed by atoms with E-state index in [2.05, 4.69) is 46.6 Å². The zero-order valence-corrected chi connectivity index (χ0v) is 14.2. The van der Waals surface area contributed by atoms with Gasteiger partial charge in [-0.2, -0.15) is 0 Å². The molecule has 1 heterocycles. The van der Waals surface area contributed by atoms with Gasteiger partial charge in [-0.15, -0.1) is 0 Å². The molecule has 3 N–H and O–H groups in total. The van der Waals surface area contributed by atoms with Gasteiger partial charge in [0.25, 0.3) is 0 Å². The van der Waals surface area contributed by atoms with Crippen LogP contribution < -0.4 is 16.0 Å². The van der Waals surface area contributed by atoms with Gasteiger partial charge in [0.2, 0.25) is 5.91 Å². The van der Waals surface area contributed by atoms with E-state index in [-0.39, 0.29) is 5.91 Å². The van der Waals surface area contributed by atoms with Crippen molar-refractivity contribution in [2.45, 2.75) is 32.2 Å². The van der Waals surface area contributed by atoms with Crippen molar-refractivity contribution in [2.24, 2.45) is 0 Å². The fourth-order valence-corrected chi connectivity index (χ4v) is 3.29. The van der Waals surface area contributed by atoms with E-state index < -0.39 is 0 Å². The van der Waals surface area contributed by atoms with Gasteiger partial charge in [0.1, 0.15) is 0 Å². The molecule has 2 aromatic carbocycles. The van der Waals surface area contributed by atoms with Gasteiger partial charge in [-0.25, -0.2) is 0 Å². The first-order valence-electron chi connectivity index (χ1n) is 8.55. The number of amides is 1. The Bertz CT molecular complexity index is 671. The van der Waals surface area contributed by atoms with Crippen molar-refractivity contribution in [2.75, 3.05) is 23.7 Å². The molecule has 4 nitrogen and oxygen atoms in total. The van der Waals surface area contributed by atoms with Gasteiger partial charge < -0.3 is 16.0 Å². The molecule has 1 amide bonds. The highest BCUT2D eigenvalue weighted by Gasteiger charge is 2.20. The molecule has 0 atom stereocenters. The summed E-state index contributed by atoms with van der Waals surface area (Å²) in [5.41, 5.74) is 10.4. The predicted octanol–water partition coefficient (Wildman–Crippen LogP) is 3.29. The predicted molar refractivity (Wildman–Crippen MR) is 99.0 cm³/mol. The number of hydrogen-bond donors (Lipinski definition) is 2.